The number of benzene rings is 1. The van der Waals surface area contributed by atoms with Gasteiger partial charge in [0.15, 0.2) is 0 Å². The third kappa shape index (κ3) is 3.41. The molecule has 2 heteroatoms. The van der Waals surface area contributed by atoms with Crippen LogP contribution in [0.25, 0.3) is 0 Å². The average molecular weight is 240 g/mol. The molecule has 0 fully saturated rings. The minimum atomic E-state index is 0.907. The van der Waals surface area contributed by atoms with Crippen molar-refractivity contribution in [3.63, 3.8) is 0 Å². The van der Waals surface area contributed by atoms with E-state index in [-0.39, 0.29) is 0 Å². The summed E-state index contributed by atoms with van der Waals surface area (Å²) in [7, 11) is 1.97. The molecule has 0 amide bonds. The third-order valence-corrected chi connectivity index (χ3v) is 3.08. The Morgan fingerprint density at radius 1 is 0.944 bits per heavy atom. The van der Waals surface area contributed by atoms with Gasteiger partial charge in [-0.1, -0.05) is 37.3 Å². The van der Waals surface area contributed by atoms with Crippen LogP contribution < -0.4 is 5.32 Å². The Bertz CT molecular complexity index is 471. The van der Waals surface area contributed by atoms with Gasteiger partial charge in [-0.25, -0.2) is 0 Å². The van der Waals surface area contributed by atoms with Crippen LogP contribution in [0.4, 0.5) is 0 Å². The van der Waals surface area contributed by atoms with E-state index in [1.165, 1.54) is 16.7 Å². The largest absolute Gasteiger partial charge is 0.316 e. The third-order valence-electron chi connectivity index (χ3n) is 3.08. The van der Waals surface area contributed by atoms with Crippen molar-refractivity contribution in [2.24, 2.45) is 0 Å². The lowest BCUT2D eigenvalue weighted by atomic mass is 10.1. The maximum Gasteiger partial charge on any atom is 0.0447 e. The van der Waals surface area contributed by atoms with Crippen molar-refractivity contribution in [1.82, 2.24) is 10.3 Å². The highest BCUT2D eigenvalue weighted by Gasteiger charge is 1.98. The van der Waals surface area contributed by atoms with Crippen molar-refractivity contribution in [3.05, 3.63) is 65.0 Å². The van der Waals surface area contributed by atoms with Gasteiger partial charge in [-0.3, -0.25) is 4.98 Å². The van der Waals surface area contributed by atoms with Crippen LogP contribution in [0.2, 0.25) is 0 Å². The molecule has 2 rings (SSSR count). The predicted octanol–water partition coefficient (Wildman–Crippen LogP) is 2.95. The maximum absolute atomic E-state index is 4.49. The van der Waals surface area contributed by atoms with Crippen LogP contribution >= 0.6 is 0 Å². The van der Waals surface area contributed by atoms with Gasteiger partial charge < -0.3 is 5.32 Å². The van der Waals surface area contributed by atoms with Gasteiger partial charge in [0.2, 0.25) is 0 Å². The second-order valence-electron chi connectivity index (χ2n) is 4.53. The number of pyridine rings is 1. The first-order valence-electron chi connectivity index (χ1n) is 6.48. The highest BCUT2D eigenvalue weighted by atomic mass is 14.8. The molecule has 18 heavy (non-hydrogen) atoms. The van der Waals surface area contributed by atoms with E-state index in [1.54, 1.807) is 0 Å². The first-order valence-corrected chi connectivity index (χ1v) is 6.48. The highest BCUT2D eigenvalue weighted by molar-refractivity contribution is 5.27. The number of aromatic nitrogens is 1. The molecule has 0 spiro atoms. The van der Waals surface area contributed by atoms with E-state index >= 15 is 0 Å². The molecule has 94 valence electrons. The summed E-state index contributed by atoms with van der Waals surface area (Å²) in [6, 6.07) is 13.0. The molecule has 2 aromatic rings. The smallest absolute Gasteiger partial charge is 0.0447 e. The highest BCUT2D eigenvalue weighted by Crippen LogP contribution is 2.10. The Morgan fingerprint density at radius 3 is 2.17 bits per heavy atom. The van der Waals surface area contributed by atoms with Crippen LogP contribution in [-0.2, 0) is 19.4 Å². The lowest BCUT2D eigenvalue weighted by Crippen LogP contribution is -2.04. The van der Waals surface area contributed by atoms with E-state index in [4.69, 9.17) is 0 Å². The molecule has 0 unspecified atom stereocenters. The van der Waals surface area contributed by atoms with Crippen LogP contribution in [0.5, 0.6) is 0 Å². The molecular weight excluding hydrogens is 220 g/mol. The number of aryl methyl sites for hydroxylation is 1. The summed E-state index contributed by atoms with van der Waals surface area (Å²) in [4.78, 5) is 4.49. The van der Waals surface area contributed by atoms with Crippen LogP contribution in [0.3, 0.4) is 0 Å². The molecule has 1 N–H and O–H groups in total. The predicted molar refractivity (Wildman–Crippen MR) is 75.6 cm³/mol. The van der Waals surface area contributed by atoms with Gasteiger partial charge in [-0.2, -0.15) is 0 Å². The topological polar surface area (TPSA) is 24.9 Å². The zero-order chi connectivity index (χ0) is 12.8. The van der Waals surface area contributed by atoms with Crippen molar-refractivity contribution in [1.29, 1.82) is 0 Å². The molecule has 0 atom stereocenters. The molecule has 0 aliphatic heterocycles. The molecular formula is C16H20N2. The SMILES string of the molecule is CCc1ccc(Cc2ccc(CNC)cc2)nc1. The van der Waals surface area contributed by atoms with Gasteiger partial charge in [0.1, 0.15) is 0 Å². The summed E-state index contributed by atoms with van der Waals surface area (Å²) in [5, 5.41) is 3.15. The first-order chi connectivity index (χ1) is 8.81. The van der Waals surface area contributed by atoms with Gasteiger partial charge in [0.05, 0.1) is 0 Å². The second kappa shape index (κ2) is 6.31. The molecule has 1 heterocycles. The fourth-order valence-electron chi connectivity index (χ4n) is 1.96. The minimum absolute atomic E-state index is 0.907. The van der Waals surface area contributed by atoms with Gasteiger partial charge in [-0.05, 0) is 36.2 Å². The molecule has 0 saturated heterocycles. The van der Waals surface area contributed by atoms with E-state index in [0.29, 0.717) is 0 Å². The fourth-order valence-corrected chi connectivity index (χ4v) is 1.96. The summed E-state index contributed by atoms with van der Waals surface area (Å²) >= 11 is 0. The lowest BCUT2D eigenvalue weighted by Gasteiger charge is -2.04. The van der Waals surface area contributed by atoms with Crippen LogP contribution in [-0.4, -0.2) is 12.0 Å². The van der Waals surface area contributed by atoms with E-state index < -0.39 is 0 Å². The molecule has 0 aliphatic rings. The van der Waals surface area contributed by atoms with Gasteiger partial charge >= 0.3 is 0 Å². The van der Waals surface area contributed by atoms with Crippen molar-refractivity contribution >= 4 is 0 Å². The zero-order valence-corrected chi connectivity index (χ0v) is 11.1. The number of rotatable bonds is 5. The van der Waals surface area contributed by atoms with Crippen molar-refractivity contribution < 1.29 is 0 Å². The zero-order valence-electron chi connectivity index (χ0n) is 11.1. The summed E-state index contributed by atoms with van der Waals surface area (Å²) in [6.45, 7) is 3.07. The first kappa shape index (κ1) is 12.8. The van der Waals surface area contributed by atoms with Gasteiger partial charge in [0, 0.05) is 24.9 Å². The Labute approximate surface area is 109 Å². The molecule has 1 aromatic heterocycles. The lowest BCUT2D eigenvalue weighted by molar-refractivity contribution is 0.817. The Hall–Kier alpha value is -1.67. The van der Waals surface area contributed by atoms with Crippen molar-refractivity contribution in [2.45, 2.75) is 26.3 Å². The minimum Gasteiger partial charge on any atom is -0.316 e. The van der Waals surface area contributed by atoms with Crippen LogP contribution in [0.15, 0.2) is 42.6 Å². The van der Waals surface area contributed by atoms with Gasteiger partial charge in [0.25, 0.3) is 0 Å². The molecule has 1 aromatic carbocycles. The number of nitrogens with zero attached hydrogens (tertiary/aromatic N) is 1. The van der Waals surface area contributed by atoms with E-state index in [0.717, 1.165) is 25.1 Å². The monoisotopic (exact) mass is 240 g/mol. The number of hydrogen-bond donors (Lipinski definition) is 1. The summed E-state index contributed by atoms with van der Waals surface area (Å²) in [6.07, 6.45) is 3.93. The quantitative estimate of drug-likeness (QED) is 0.869. The normalized spacial score (nSPS) is 10.6. The fraction of sp³-hybridized carbons (Fsp3) is 0.312. The molecule has 0 aliphatic carbocycles. The Balaban J connectivity index is 2.03. The summed E-state index contributed by atoms with van der Waals surface area (Å²) in [5.41, 5.74) is 5.05. The maximum atomic E-state index is 4.49. The van der Waals surface area contributed by atoms with E-state index in [1.807, 2.05) is 13.2 Å². The van der Waals surface area contributed by atoms with Gasteiger partial charge in [-0.15, -0.1) is 0 Å². The Kier molecular flexibility index (Phi) is 4.48. The van der Waals surface area contributed by atoms with E-state index in [9.17, 15) is 0 Å². The number of nitrogens with one attached hydrogen (secondary N) is 1. The Morgan fingerprint density at radius 2 is 1.61 bits per heavy atom. The number of hydrogen-bond acceptors (Lipinski definition) is 2. The summed E-state index contributed by atoms with van der Waals surface area (Å²) < 4.78 is 0. The van der Waals surface area contributed by atoms with E-state index in [2.05, 4.69) is 53.6 Å². The standard InChI is InChI=1S/C16H20N2/c1-3-13-8-9-16(18-12-13)10-14-4-6-15(7-5-14)11-17-2/h4-9,12,17H,3,10-11H2,1-2H3. The molecule has 0 bridgehead atoms. The van der Waals surface area contributed by atoms with Crippen LogP contribution in [0, 0.1) is 0 Å². The van der Waals surface area contributed by atoms with Crippen molar-refractivity contribution in [3.8, 4) is 0 Å². The molecule has 0 radical (unpaired) electrons. The average Bonchev–Trinajstić information content (AvgIpc) is 2.42. The van der Waals surface area contributed by atoms with Crippen molar-refractivity contribution in [2.75, 3.05) is 7.05 Å². The molecule has 2 nitrogen and oxygen atoms in total. The van der Waals surface area contributed by atoms with Crippen LogP contribution in [0.1, 0.15) is 29.3 Å². The molecule has 0 saturated carbocycles. The second-order valence-corrected chi connectivity index (χ2v) is 4.53. The summed E-state index contributed by atoms with van der Waals surface area (Å²) in [5.74, 6) is 0.